The Bertz CT molecular complexity index is 738. The van der Waals surface area contributed by atoms with Gasteiger partial charge in [0.15, 0.2) is 6.29 Å². The minimum atomic E-state index is -3.92. The van der Waals surface area contributed by atoms with Gasteiger partial charge >= 0.3 is 0 Å². The van der Waals surface area contributed by atoms with E-state index in [1.807, 2.05) is 30.3 Å². The van der Waals surface area contributed by atoms with Crippen LogP contribution in [0, 0.1) is 0 Å². The number of carbonyl (C=O) groups excluding carboxylic acids is 1. The molecule has 0 aliphatic rings. The lowest BCUT2D eigenvalue weighted by Crippen LogP contribution is -2.34. The maximum absolute atomic E-state index is 11.0. The molecule has 0 saturated carbocycles. The molecule has 0 heterocycles. The summed E-state index contributed by atoms with van der Waals surface area (Å²) in [5.74, 6) is 0. The number of hydrogen-bond donors (Lipinski definition) is 0. The van der Waals surface area contributed by atoms with Gasteiger partial charge in [-0.3, -0.25) is 9.28 Å². The van der Waals surface area contributed by atoms with Crippen LogP contribution in [0.2, 0.25) is 0 Å². The summed E-state index contributed by atoms with van der Waals surface area (Å²) in [7, 11) is 2.47. The molecule has 0 spiro atoms. The summed E-state index contributed by atoms with van der Waals surface area (Å²) in [6, 6.07) is 12.0. The van der Waals surface area contributed by atoms with Gasteiger partial charge in [-0.05, 0) is 17.5 Å². The van der Waals surface area contributed by atoms with Crippen LogP contribution in [0.1, 0.15) is 10.4 Å². The minimum absolute atomic E-state index is 0.604. The van der Waals surface area contributed by atoms with Crippen LogP contribution in [0.4, 0.5) is 5.69 Å². The maximum atomic E-state index is 11.0. The normalized spacial score (nSPS) is 11.7. The number of quaternary nitrogens is 1. The molecule has 114 valence electrons. The van der Waals surface area contributed by atoms with Gasteiger partial charge in [0, 0.05) is 23.3 Å². The molecule has 0 atom stereocenters. The van der Waals surface area contributed by atoms with Crippen molar-refractivity contribution in [3.8, 4) is 0 Å². The van der Waals surface area contributed by atoms with E-state index in [2.05, 4.69) is 27.2 Å². The average Bonchev–Trinajstić information content (AvgIpc) is 2.34. The molecule has 0 unspecified atom stereocenters. The van der Waals surface area contributed by atoms with E-state index in [0.717, 1.165) is 27.1 Å². The third kappa shape index (κ3) is 5.26. The Morgan fingerprint density at radius 1 is 1.00 bits per heavy atom. The van der Waals surface area contributed by atoms with Crippen LogP contribution in [0.5, 0.6) is 0 Å². The van der Waals surface area contributed by atoms with Crippen molar-refractivity contribution in [3.63, 3.8) is 0 Å². The van der Waals surface area contributed by atoms with Crippen LogP contribution in [-0.2, 0) is 10.1 Å². The Hall–Kier alpha value is -1.76. The summed E-state index contributed by atoms with van der Waals surface area (Å²) < 4.78 is 28.0. The van der Waals surface area contributed by atoms with Crippen LogP contribution in [-0.4, -0.2) is 46.7 Å². The molecule has 2 aromatic rings. The monoisotopic (exact) mass is 309 g/mol. The molecule has 0 aliphatic heterocycles. The molecule has 0 fully saturated rings. The van der Waals surface area contributed by atoms with Crippen LogP contribution in [0.3, 0.4) is 0 Å². The topological polar surface area (TPSA) is 74.3 Å². The number of fused-ring (bicyclic) bond motifs is 1. The highest BCUT2D eigenvalue weighted by Gasteiger charge is 2.16. The number of aldehydes is 1. The average molecular weight is 309 g/mol. The lowest BCUT2D eigenvalue weighted by Gasteiger charge is -2.25. The molecule has 0 amide bonds. The number of benzene rings is 2. The molecule has 0 aliphatic carbocycles. The first-order chi connectivity index (χ1) is 9.54. The molecule has 2 aromatic carbocycles. The Kier molecular flexibility index (Phi) is 5.22. The summed E-state index contributed by atoms with van der Waals surface area (Å²) in [6.07, 6.45) is 1.52. The molecule has 0 bridgehead atoms. The van der Waals surface area contributed by atoms with E-state index >= 15 is 0 Å². The van der Waals surface area contributed by atoms with Crippen molar-refractivity contribution >= 4 is 32.9 Å². The summed E-state index contributed by atoms with van der Waals surface area (Å²) in [6.45, 7) is 0. The van der Waals surface area contributed by atoms with Crippen molar-refractivity contribution in [1.29, 1.82) is 0 Å². The molecule has 5 nitrogen and oxygen atoms in total. The highest BCUT2D eigenvalue weighted by atomic mass is 32.2. The van der Waals surface area contributed by atoms with E-state index in [1.165, 1.54) is 5.69 Å². The summed E-state index contributed by atoms with van der Waals surface area (Å²) in [4.78, 5) is 11.0. The lowest BCUT2D eigenvalue weighted by molar-refractivity contribution is 0.112. The van der Waals surface area contributed by atoms with E-state index in [0.29, 0.717) is 6.26 Å². The third-order valence-electron chi connectivity index (χ3n) is 2.78. The van der Waals surface area contributed by atoms with Gasteiger partial charge in [-0.2, -0.15) is 0 Å². The minimum Gasteiger partial charge on any atom is -0.748 e. The van der Waals surface area contributed by atoms with Crippen molar-refractivity contribution in [1.82, 2.24) is 4.48 Å². The Morgan fingerprint density at radius 3 is 1.90 bits per heavy atom. The van der Waals surface area contributed by atoms with Gasteiger partial charge in [-0.25, -0.2) is 8.42 Å². The first kappa shape index (κ1) is 17.3. The van der Waals surface area contributed by atoms with Crippen molar-refractivity contribution in [2.45, 2.75) is 0 Å². The lowest BCUT2D eigenvalue weighted by atomic mass is 10.0. The van der Waals surface area contributed by atoms with Gasteiger partial charge < -0.3 is 4.55 Å². The van der Waals surface area contributed by atoms with Crippen molar-refractivity contribution in [2.24, 2.45) is 0 Å². The third-order valence-corrected chi connectivity index (χ3v) is 2.78. The zero-order valence-electron chi connectivity index (χ0n) is 12.5. The predicted octanol–water partition coefficient (Wildman–Crippen LogP) is 2.01. The SMILES string of the molecule is CS(=O)(=O)[O-].C[N+](C)(C)c1ccc(C=O)c2ccccc12. The summed E-state index contributed by atoms with van der Waals surface area (Å²) in [5, 5.41) is 2.18. The van der Waals surface area contributed by atoms with E-state index in [1.54, 1.807) is 0 Å². The fourth-order valence-electron chi connectivity index (χ4n) is 1.99. The van der Waals surface area contributed by atoms with Crippen LogP contribution < -0.4 is 4.48 Å². The molecule has 21 heavy (non-hydrogen) atoms. The van der Waals surface area contributed by atoms with Gasteiger partial charge in [-0.1, -0.05) is 18.2 Å². The first-order valence-corrected chi connectivity index (χ1v) is 8.05. The van der Waals surface area contributed by atoms with E-state index in [9.17, 15) is 4.79 Å². The fraction of sp³-hybridized carbons (Fsp3) is 0.267. The van der Waals surface area contributed by atoms with E-state index in [-0.39, 0.29) is 0 Å². The van der Waals surface area contributed by atoms with Crippen LogP contribution >= 0.6 is 0 Å². The molecule has 6 heteroatoms. The van der Waals surface area contributed by atoms with Gasteiger partial charge in [0.2, 0.25) is 0 Å². The fourth-order valence-corrected chi connectivity index (χ4v) is 1.99. The zero-order valence-corrected chi connectivity index (χ0v) is 13.3. The quantitative estimate of drug-likeness (QED) is 0.483. The van der Waals surface area contributed by atoms with Gasteiger partial charge in [0.1, 0.15) is 5.69 Å². The van der Waals surface area contributed by atoms with E-state index in [4.69, 9.17) is 13.0 Å². The second-order valence-electron chi connectivity index (χ2n) is 5.55. The number of rotatable bonds is 2. The summed E-state index contributed by atoms with van der Waals surface area (Å²) in [5.41, 5.74) is 1.98. The van der Waals surface area contributed by atoms with Gasteiger partial charge in [0.25, 0.3) is 0 Å². The van der Waals surface area contributed by atoms with Crippen molar-refractivity contribution in [2.75, 3.05) is 27.4 Å². The highest BCUT2D eigenvalue weighted by Crippen LogP contribution is 2.30. The number of hydrogen-bond acceptors (Lipinski definition) is 4. The second kappa shape index (κ2) is 6.34. The largest absolute Gasteiger partial charge is 0.748 e. The molecule has 0 radical (unpaired) electrons. The Morgan fingerprint density at radius 2 is 1.48 bits per heavy atom. The first-order valence-electron chi connectivity index (χ1n) is 6.24. The molecule has 0 aromatic heterocycles. The standard InChI is InChI=1S/C14H16NO.CH4O3S/c1-15(2,3)14-9-8-11(10-16)12-6-4-5-7-13(12)14;1-5(2,3)4/h4-10H,1-3H3;1H3,(H,2,3,4)/q+1;/p-1. The molecular weight excluding hydrogens is 290 g/mol. The highest BCUT2D eigenvalue weighted by molar-refractivity contribution is 7.84. The molecular formula is C15H19NO4S. The molecule has 0 N–H and O–H groups in total. The van der Waals surface area contributed by atoms with Crippen LogP contribution in [0.25, 0.3) is 10.8 Å². The smallest absolute Gasteiger partial charge is 0.150 e. The molecule has 0 saturated heterocycles. The zero-order chi connectivity index (χ0) is 16.3. The Labute approximate surface area is 125 Å². The van der Waals surface area contributed by atoms with E-state index < -0.39 is 10.1 Å². The van der Waals surface area contributed by atoms with Gasteiger partial charge in [-0.15, -0.1) is 0 Å². The Balaban J connectivity index is 0.000000383. The summed E-state index contributed by atoms with van der Waals surface area (Å²) >= 11 is 0. The van der Waals surface area contributed by atoms with Gasteiger partial charge in [0.05, 0.1) is 31.3 Å². The number of nitrogens with zero attached hydrogens (tertiary/aromatic N) is 1. The van der Waals surface area contributed by atoms with Crippen molar-refractivity contribution < 1.29 is 17.8 Å². The number of carbonyl (C=O) groups is 1. The second-order valence-corrected chi connectivity index (χ2v) is 6.96. The van der Waals surface area contributed by atoms with Crippen LogP contribution in [0.15, 0.2) is 36.4 Å². The van der Waals surface area contributed by atoms with Crippen molar-refractivity contribution in [3.05, 3.63) is 42.0 Å². The maximum Gasteiger partial charge on any atom is 0.150 e. The predicted molar refractivity (Wildman–Crippen MR) is 84.5 cm³/mol. The molecule has 2 rings (SSSR count).